The largest absolute Gasteiger partial charge is 0.352 e. The standard InChI is InChI=1S/C20H21ClN4O2/c1-3-13-6-4-5-7-15(13)23-18(26)10-11-22-19(27)14-8-9-17-16(12-14)24-20(21)25(17)2/h4-9,12H,3,10-11H2,1-2H3,(H,22,27)(H,23,26). The number of carbonyl (C=O) groups excluding carboxylic acids is 2. The zero-order chi connectivity index (χ0) is 19.4. The van der Waals surface area contributed by atoms with E-state index in [-0.39, 0.29) is 24.8 Å². The number of aryl methyl sites for hydroxylation is 2. The van der Waals surface area contributed by atoms with Crippen molar-refractivity contribution in [3.8, 4) is 0 Å². The number of para-hydroxylation sites is 1. The number of fused-ring (bicyclic) bond motifs is 1. The van der Waals surface area contributed by atoms with Gasteiger partial charge in [0.1, 0.15) is 0 Å². The van der Waals surface area contributed by atoms with Crippen LogP contribution in [0.5, 0.6) is 0 Å². The topological polar surface area (TPSA) is 76.0 Å². The van der Waals surface area contributed by atoms with Crippen LogP contribution >= 0.6 is 11.6 Å². The molecule has 0 radical (unpaired) electrons. The summed E-state index contributed by atoms with van der Waals surface area (Å²) in [6.45, 7) is 2.29. The molecule has 1 aromatic heterocycles. The molecule has 2 aromatic carbocycles. The molecule has 3 rings (SSSR count). The van der Waals surface area contributed by atoms with Crippen LogP contribution in [0.3, 0.4) is 0 Å². The highest BCUT2D eigenvalue weighted by atomic mass is 35.5. The maximum Gasteiger partial charge on any atom is 0.251 e. The van der Waals surface area contributed by atoms with Gasteiger partial charge in [0.15, 0.2) is 0 Å². The number of amides is 2. The third-order valence-electron chi connectivity index (χ3n) is 4.40. The van der Waals surface area contributed by atoms with Gasteiger partial charge in [-0.05, 0) is 47.9 Å². The first kappa shape index (κ1) is 18.9. The Labute approximate surface area is 162 Å². The highest BCUT2D eigenvalue weighted by molar-refractivity contribution is 6.29. The van der Waals surface area contributed by atoms with Crippen molar-refractivity contribution in [1.82, 2.24) is 14.9 Å². The summed E-state index contributed by atoms with van der Waals surface area (Å²) in [4.78, 5) is 28.6. The number of carbonyl (C=O) groups is 2. The second-order valence-electron chi connectivity index (χ2n) is 6.21. The quantitative estimate of drug-likeness (QED) is 0.682. The lowest BCUT2D eigenvalue weighted by atomic mass is 10.1. The van der Waals surface area contributed by atoms with E-state index in [9.17, 15) is 9.59 Å². The molecule has 0 aliphatic heterocycles. The molecular weight excluding hydrogens is 364 g/mol. The third-order valence-corrected chi connectivity index (χ3v) is 4.74. The van der Waals surface area contributed by atoms with Crippen molar-refractivity contribution in [2.75, 3.05) is 11.9 Å². The van der Waals surface area contributed by atoms with Crippen LogP contribution < -0.4 is 10.6 Å². The third kappa shape index (κ3) is 4.28. The number of rotatable bonds is 6. The number of anilines is 1. The van der Waals surface area contributed by atoms with Crippen molar-refractivity contribution in [3.05, 3.63) is 58.9 Å². The van der Waals surface area contributed by atoms with E-state index in [2.05, 4.69) is 15.6 Å². The SMILES string of the molecule is CCc1ccccc1NC(=O)CCNC(=O)c1ccc2c(c1)nc(Cl)n2C. The van der Waals surface area contributed by atoms with Gasteiger partial charge in [0.25, 0.3) is 5.91 Å². The molecule has 0 saturated heterocycles. The molecule has 2 amide bonds. The second-order valence-corrected chi connectivity index (χ2v) is 6.55. The molecule has 0 aliphatic carbocycles. The van der Waals surface area contributed by atoms with E-state index in [0.717, 1.165) is 23.2 Å². The highest BCUT2D eigenvalue weighted by Crippen LogP contribution is 2.19. The first-order valence-corrected chi connectivity index (χ1v) is 9.15. The maximum atomic E-state index is 12.3. The summed E-state index contributed by atoms with van der Waals surface area (Å²) in [7, 11) is 1.81. The van der Waals surface area contributed by atoms with Gasteiger partial charge in [-0.3, -0.25) is 9.59 Å². The van der Waals surface area contributed by atoms with Gasteiger partial charge < -0.3 is 15.2 Å². The van der Waals surface area contributed by atoms with Crippen LogP contribution in [0.2, 0.25) is 5.28 Å². The lowest BCUT2D eigenvalue weighted by Crippen LogP contribution is -2.27. The maximum absolute atomic E-state index is 12.3. The van der Waals surface area contributed by atoms with Crippen LogP contribution in [-0.4, -0.2) is 27.9 Å². The average Bonchev–Trinajstić information content (AvgIpc) is 2.95. The molecule has 6 nitrogen and oxygen atoms in total. The number of aromatic nitrogens is 2. The molecule has 0 spiro atoms. The fraction of sp³-hybridized carbons (Fsp3) is 0.250. The molecular formula is C20H21ClN4O2. The molecule has 0 bridgehead atoms. The Hall–Kier alpha value is -2.86. The lowest BCUT2D eigenvalue weighted by Gasteiger charge is -2.10. The van der Waals surface area contributed by atoms with Gasteiger partial charge in [0, 0.05) is 31.3 Å². The monoisotopic (exact) mass is 384 g/mol. The van der Waals surface area contributed by atoms with E-state index in [1.165, 1.54) is 0 Å². The second kappa shape index (κ2) is 8.22. The van der Waals surface area contributed by atoms with Crippen LogP contribution in [0.4, 0.5) is 5.69 Å². The smallest absolute Gasteiger partial charge is 0.251 e. The van der Waals surface area contributed by atoms with E-state index in [4.69, 9.17) is 11.6 Å². The zero-order valence-corrected chi connectivity index (χ0v) is 16.0. The van der Waals surface area contributed by atoms with Crippen LogP contribution in [-0.2, 0) is 18.3 Å². The lowest BCUT2D eigenvalue weighted by molar-refractivity contribution is -0.116. The van der Waals surface area contributed by atoms with E-state index < -0.39 is 0 Å². The van der Waals surface area contributed by atoms with Gasteiger partial charge in [-0.2, -0.15) is 0 Å². The highest BCUT2D eigenvalue weighted by Gasteiger charge is 2.11. The summed E-state index contributed by atoms with van der Waals surface area (Å²) in [6, 6.07) is 12.9. The minimum atomic E-state index is -0.250. The summed E-state index contributed by atoms with van der Waals surface area (Å²) >= 11 is 6.00. The first-order chi connectivity index (χ1) is 13.0. The van der Waals surface area contributed by atoms with E-state index in [1.54, 1.807) is 22.8 Å². The van der Waals surface area contributed by atoms with Gasteiger partial charge in [-0.1, -0.05) is 25.1 Å². The molecule has 0 unspecified atom stereocenters. The minimum absolute atomic E-state index is 0.136. The van der Waals surface area contributed by atoms with E-state index in [0.29, 0.717) is 16.4 Å². The normalized spacial score (nSPS) is 10.8. The molecule has 2 N–H and O–H groups in total. The molecule has 7 heteroatoms. The molecule has 0 saturated carbocycles. The van der Waals surface area contributed by atoms with Crippen molar-refractivity contribution in [2.24, 2.45) is 7.05 Å². The predicted octanol–water partition coefficient (Wildman–Crippen LogP) is 3.55. The summed E-state index contributed by atoms with van der Waals surface area (Å²) in [5, 5.41) is 6.02. The van der Waals surface area contributed by atoms with Gasteiger partial charge in [-0.25, -0.2) is 4.98 Å². The Morgan fingerprint density at radius 3 is 2.74 bits per heavy atom. The van der Waals surface area contributed by atoms with Gasteiger partial charge in [-0.15, -0.1) is 0 Å². The summed E-state index contributed by atoms with van der Waals surface area (Å²) in [6.07, 6.45) is 1.04. The number of nitrogens with zero attached hydrogens (tertiary/aromatic N) is 2. The van der Waals surface area contributed by atoms with Crippen LogP contribution in [0, 0.1) is 0 Å². The number of nitrogens with one attached hydrogen (secondary N) is 2. The number of benzene rings is 2. The van der Waals surface area contributed by atoms with Crippen molar-refractivity contribution in [2.45, 2.75) is 19.8 Å². The number of hydrogen-bond acceptors (Lipinski definition) is 3. The fourth-order valence-electron chi connectivity index (χ4n) is 2.87. The van der Waals surface area contributed by atoms with Crippen LogP contribution in [0.1, 0.15) is 29.3 Å². The Morgan fingerprint density at radius 2 is 1.96 bits per heavy atom. The zero-order valence-electron chi connectivity index (χ0n) is 15.3. The Bertz CT molecular complexity index is 997. The molecule has 0 fully saturated rings. The Balaban J connectivity index is 1.55. The summed E-state index contributed by atoms with van der Waals surface area (Å²) in [5.41, 5.74) is 3.88. The number of halogens is 1. The van der Waals surface area contributed by atoms with Gasteiger partial charge in [0.2, 0.25) is 11.2 Å². The molecule has 3 aromatic rings. The average molecular weight is 385 g/mol. The van der Waals surface area contributed by atoms with Crippen molar-refractivity contribution < 1.29 is 9.59 Å². The Morgan fingerprint density at radius 1 is 1.19 bits per heavy atom. The summed E-state index contributed by atoms with van der Waals surface area (Å²) < 4.78 is 1.75. The number of imidazole rings is 1. The van der Waals surface area contributed by atoms with Gasteiger partial charge >= 0.3 is 0 Å². The van der Waals surface area contributed by atoms with E-state index >= 15 is 0 Å². The fourth-order valence-corrected chi connectivity index (χ4v) is 3.05. The van der Waals surface area contributed by atoms with Crippen molar-refractivity contribution >= 4 is 40.1 Å². The van der Waals surface area contributed by atoms with Gasteiger partial charge in [0.05, 0.1) is 11.0 Å². The van der Waals surface area contributed by atoms with E-state index in [1.807, 2.05) is 38.2 Å². The minimum Gasteiger partial charge on any atom is -0.352 e. The molecule has 27 heavy (non-hydrogen) atoms. The summed E-state index contributed by atoms with van der Waals surface area (Å²) in [5.74, 6) is -0.386. The molecule has 1 heterocycles. The first-order valence-electron chi connectivity index (χ1n) is 8.77. The van der Waals surface area contributed by atoms with Crippen molar-refractivity contribution in [1.29, 1.82) is 0 Å². The van der Waals surface area contributed by atoms with Crippen molar-refractivity contribution in [3.63, 3.8) is 0 Å². The molecule has 0 atom stereocenters. The molecule has 140 valence electrons. The van der Waals surface area contributed by atoms with Crippen LogP contribution in [0.15, 0.2) is 42.5 Å². The van der Waals surface area contributed by atoms with Crippen LogP contribution in [0.25, 0.3) is 11.0 Å². The Kier molecular flexibility index (Phi) is 5.76. The molecule has 0 aliphatic rings. The number of hydrogen-bond donors (Lipinski definition) is 2. The predicted molar refractivity (Wildman–Crippen MR) is 107 cm³/mol.